The zero-order valence-corrected chi connectivity index (χ0v) is 17.0. The molecule has 0 spiro atoms. The summed E-state index contributed by atoms with van der Waals surface area (Å²) in [5.41, 5.74) is 2.69. The van der Waals surface area contributed by atoms with Crippen molar-refractivity contribution in [1.29, 1.82) is 0 Å². The topological polar surface area (TPSA) is 104 Å². The van der Waals surface area contributed by atoms with Crippen LogP contribution in [0.1, 0.15) is 5.56 Å². The third-order valence-electron chi connectivity index (χ3n) is 3.72. The van der Waals surface area contributed by atoms with Crippen molar-refractivity contribution in [2.75, 3.05) is 23.7 Å². The molecule has 1 aromatic heterocycles. The largest absolute Gasteiger partial charge is 0.364 e. The van der Waals surface area contributed by atoms with Crippen LogP contribution in [0.25, 0.3) is 11.0 Å². The van der Waals surface area contributed by atoms with E-state index in [9.17, 15) is 8.42 Å². The zero-order valence-electron chi connectivity index (χ0n) is 16.2. The van der Waals surface area contributed by atoms with Gasteiger partial charge in [-0.1, -0.05) is 42.0 Å². The molecule has 152 valence electrons. The van der Waals surface area contributed by atoms with Crippen LogP contribution < -0.4 is 10.6 Å². The smallest absolute Gasteiger partial charge is 0.294 e. The predicted molar refractivity (Wildman–Crippen MR) is 118 cm³/mol. The zero-order chi connectivity index (χ0) is 21.3. The summed E-state index contributed by atoms with van der Waals surface area (Å²) in [6.07, 6.45) is 3.57. The lowest BCUT2D eigenvalue weighted by Crippen LogP contribution is -2.09. The molecule has 3 aromatic rings. The van der Waals surface area contributed by atoms with Crippen LogP contribution in [0.15, 0.2) is 78.7 Å². The number of anilines is 2. The molecule has 0 saturated heterocycles. The summed E-state index contributed by atoms with van der Waals surface area (Å²) in [5.74, 6) is 1.46. The quantitative estimate of drug-likeness (QED) is 0.397. The monoisotopic (exact) mass is 412 g/mol. The highest BCUT2D eigenvalue weighted by molar-refractivity contribution is 7.85. The van der Waals surface area contributed by atoms with Crippen LogP contribution in [-0.4, -0.2) is 36.0 Å². The number of aromatic nitrogens is 2. The summed E-state index contributed by atoms with van der Waals surface area (Å²) in [7, 11) is -4.02. The van der Waals surface area contributed by atoms with Gasteiger partial charge in [0.25, 0.3) is 10.1 Å². The van der Waals surface area contributed by atoms with E-state index >= 15 is 0 Å². The molecule has 1 heterocycles. The number of benzene rings is 2. The van der Waals surface area contributed by atoms with Crippen LogP contribution >= 0.6 is 0 Å². The van der Waals surface area contributed by atoms with Gasteiger partial charge in [-0.2, -0.15) is 8.42 Å². The number of rotatable bonds is 7. The Morgan fingerprint density at radius 3 is 1.72 bits per heavy atom. The standard InChI is InChI=1S/C14H16N4.C7H8O3S/c1-3-9-15-13-14(16-10-4-2)18-12-8-6-5-7-11(12)17-13;1-6-2-4-7(5-3-6)11(8,9)10/h3-8H,1-2,9-10H2,(H,15,17)(H,16,18);2-5H,1H3,(H,8,9,10). The maximum absolute atomic E-state index is 10.5. The molecule has 2 aromatic carbocycles. The Morgan fingerprint density at radius 2 is 1.34 bits per heavy atom. The minimum absolute atomic E-state index is 0.0666. The van der Waals surface area contributed by atoms with E-state index in [1.165, 1.54) is 12.1 Å². The first-order valence-electron chi connectivity index (χ1n) is 8.85. The van der Waals surface area contributed by atoms with Crippen molar-refractivity contribution in [3.05, 3.63) is 79.4 Å². The average Bonchev–Trinajstić information content (AvgIpc) is 2.70. The van der Waals surface area contributed by atoms with Gasteiger partial charge in [0.2, 0.25) is 0 Å². The second-order valence-electron chi connectivity index (χ2n) is 6.04. The molecule has 0 aliphatic carbocycles. The minimum Gasteiger partial charge on any atom is -0.364 e. The number of hydrogen-bond acceptors (Lipinski definition) is 6. The molecule has 0 saturated carbocycles. The van der Waals surface area contributed by atoms with Gasteiger partial charge in [0.15, 0.2) is 11.6 Å². The number of hydrogen-bond donors (Lipinski definition) is 3. The first-order chi connectivity index (χ1) is 13.8. The Kier molecular flexibility index (Phi) is 7.88. The number of aryl methyl sites for hydroxylation is 1. The summed E-state index contributed by atoms with van der Waals surface area (Å²) >= 11 is 0. The lowest BCUT2D eigenvalue weighted by atomic mass is 10.2. The van der Waals surface area contributed by atoms with E-state index in [1.807, 2.05) is 31.2 Å². The molecule has 0 amide bonds. The summed E-state index contributed by atoms with van der Waals surface area (Å²) < 4.78 is 29.6. The van der Waals surface area contributed by atoms with Crippen LogP contribution in [0.4, 0.5) is 11.6 Å². The fourth-order valence-corrected chi connectivity index (χ4v) is 2.77. The Morgan fingerprint density at radius 1 is 0.897 bits per heavy atom. The van der Waals surface area contributed by atoms with E-state index in [-0.39, 0.29) is 4.90 Å². The van der Waals surface area contributed by atoms with Gasteiger partial charge in [-0.25, -0.2) is 9.97 Å². The van der Waals surface area contributed by atoms with Crippen molar-refractivity contribution in [3.8, 4) is 0 Å². The third-order valence-corrected chi connectivity index (χ3v) is 4.58. The molecule has 0 bridgehead atoms. The summed E-state index contributed by atoms with van der Waals surface area (Å²) in [5, 5.41) is 6.35. The Hall–Kier alpha value is -3.23. The van der Waals surface area contributed by atoms with Crippen LogP contribution in [0.3, 0.4) is 0 Å². The van der Waals surface area contributed by atoms with Crippen molar-refractivity contribution >= 4 is 32.8 Å². The molecule has 0 aliphatic heterocycles. The molecule has 3 rings (SSSR count). The SMILES string of the molecule is C=CCNc1nc2ccccc2nc1NCC=C.Cc1ccc(S(=O)(=O)O)cc1. The first-order valence-corrected chi connectivity index (χ1v) is 10.3. The molecular weight excluding hydrogens is 388 g/mol. The van der Waals surface area contributed by atoms with Gasteiger partial charge in [0.05, 0.1) is 15.9 Å². The van der Waals surface area contributed by atoms with Crippen LogP contribution in [0.2, 0.25) is 0 Å². The molecule has 7 nitrogen and oxygen atoms in total. The van der Waals surface area contributed by atoms with Crippen LogP contribution in [0, 0.1) is 6.92 Å². The van der Waals surface area contributed by atoms with Crippen LogP contribution in [-0.2, 0) is 10.1 Å². The van der Waals surface area contributed by atoms with Crippen LogP contribution in [0.5, 0.6) is 0 Å². The lowest BCUT2D eigenvalue weighted by Gasteiger charge is -2.11. The van der Waals surface area contributed by atoms with E-state index in [0.29, 0.717) is 13.1 Å². The Labute approximate surface area is 171 Å². The molecular formula is C21H24N4O3S. The van der Waals surface area contributed by atoms with Crippen molar-refractivity contribution in [2.24, 2.45) is 0 Å². The lowest BCUT2D eigenvalue weighted by molar-refractivity contribution is 0.483. The highest BCUT2D eigenvalue weighted by Crippen LogP contribution is 2.20. The van der Waals surface area contributed by atoms with Gasteiger partial charge < -0.3 is 10.6 Å². The van der Waals surface area contributed by atoms with E-state index < -0.39 is 10.1 Å². The minimum atomic E-state index is -4.02. The fraction of sp³-hybridized carbons (Fsp3) is 0.143. The van der Waals surface area contributed by atoms with E-state index in [2.05, 4.69) is 33.8 Å². The number of fused-ring (bicyclic) bond motifs is 1. The molecule has 0 unspecified atom stereocenters. The summed E-state index contributed by atoms with van der Waals surface area (Å²) in [6.45, 7) is 10.5. The molecule has 0 aliphatic rings. The van der Waals surface area contributed by atoms with E-state index in [0.717, 1.165) is 28.2 Å². The first kappa shape index (κ1) is 22.1. The number of nitrogens with one attached hydrogen (secondary N) is 2. The number of nitrogens with zero attached hydrogens (tertiary/aromatic N) is 2. The van der Waals surface area contributed by atoms with Crippen molar-refractivity contribution in [3.63, 3.8) is 0 Å². The van der Waals surface area contributed by atoms with Gasteiger partial charge in [-0.05, 0) is 31.2 Å². The normalized spacial score (nSPS) is 10.6. The van der Waals surface area contributed by atoms with Gasteiger partial charge in [-0.3, -0.25) is 4.55 Å². The second kappa shape index (κ2) is 10.4. The van der Waals surface area contributed by atoms with Crippen molar-refractivity contribution < 1.29 is 13.0 Å². The molecule has 8 heteroatoms. The molecule has 0 radical (unpaired) electrons. The molecule has 0 fully saturated rings. The average molecular weight is 413 g/mol. The third kappa shape index (κ3) is 6.70. The number of para-hydroxylation sites is 2. The summed E-state index contributed by atoms with van der Waals surface area (Å²) in [6, 6.07) is 13.8. The molecule has 0 atom stereocenters. The van der Waals surface area contributed by atoms with Crippen molar-refractivity contribution in [2.45, 2.75) is 11.8 Å². The second-order valence-corrected chi connectivity index (χ2v) is 7.46. The maximum Gasteiger partial charge on any atom is 0.294 e. The molecule has 29 heavy (non-hydrogen) atoms. The van der Waals surface area contributed by atoms with E-state index in [1.54, 1.807) is 24.3 Å². The van der Waals surface area contributed by atoms with Crippen molar-refractivity contribution in [1.82, 2.24) is 9.97 Å². The van der Waals surface area contributed by atoms with Gasteiger partial charge in [0, 0.05) is 13.1 Å². The Balaban J connectivity index is 0.000000234. The predicted octanol–water partition coefficient (Wildman–Crippen LogP) is 4.07. The highest BCUT2D eigenvalue weighted by atomic mass is 32.2. The van der Waals surface area contributed by atoms with Gasteiger partial charge >= 0.3 is 0 Å². The Bertz CT molecular complexity index is 1030. The van der Waals surface area contributed by atoms with Gasteiger partial charge in [0.1, 0.15) is 0 Å². The highest BCUT2D eigenvalue weighted by Gasteiger charge is 2.07. The van der Waals surface area contributed by atoms with Gasteiger partial charge in [-0.15, -0.1) is 13.2 Å². The van der Waals surface area contributed by atoms with E-state index in [4.69, 9.17) is 4.55 Å². The fourth-order valence-electron chi connectivity index (χ4n) is 2.29. The maximum atomic E-state index is 10.5. The molecule has 3 N–H and O–H groups in total. The summed E-state index contributed by atoms with van der Waals surface area (Å²) in [4.78, 5) is 9.03.